The van der Waals surface area contributed by atoms with E-state index in [1.807, 2.05) is 75.4 Å². The smallest absolute Gasteiger partial charge is 0.244 e. The Bertz CT molecular complexity index is 1460. The minimum atomic E-state index is -3.92. The lowest BCUT2D eigenvalue weighted by Gasteiger charge is -2.35. The predicted octanol–water partition coefficient (Wildman–Crippen LogP) is 5.43. The number of anilines is 1. The molecule has 0 unspecified atom stereocenters. The van der Waals surface area contributed by atoms with Gasteiger partial charge in [-0.3, -0.25) is 13.9 Å². The van der Waals surface area contributed by atoms with Gasteiger partial charge in [0.15, 0.2) is 0 Å². The molecule has 0 aliphatic carbocycles. The Morgan fingerprint density at radius 3 is 2.17 bits per heavy atom. The largest absolute Gasteiger partial charge is 0.495 e. The molecular weight excluding hydrogens is 630 g/mol. The average Bonchev–Trinajstić information content (AvgIpc) is 2.89. The van der Waals surface area contributed by atoms with Crippen LogP contribution in [0.4, 0.5) is 5.69 Å². The van der Waals surface area contributed by atoms with Crippen molar-refractivity contribution < 1.29 is 22.7 Å². The molecule has 1 N–H and O–H groups in total. The molecule has 0 spiro atoms. The lowest BCUT2D eigenvalue weighted by molar-refractivity contribution is -0.140. The fourth-order valence-electron chi connectivity index (χ4n) is 4.22. The van der Waals surface area contributed by atoms with Crippen molar-refractivity contribution >= 4 is 55.1 Å². The molecule has 3 rings (SSSR count). The fraction of sp³-hybridized carbons (Fsp3) is 0.333. The van der Waals surface area contributed by atoms with Gasteiger partial charge < -0.3 is 15.0 Å². The molecule has 0 fully saturated rings. The van der Waals surface area contributed by atoms with E-state index < -0.39 is 34.1 Å². The number of ether oxygens (including phenoxy) is 1. The van der Waals surface area contributed by atoms with E-state index in [-0.39, 0.29) is 29.6 Å². The molecule has 220 valence electrons. The number of hydrogen-bond acceptors (Lipinski definition) is 5. The lowest BCUT2D eigenvalue weighted by Crippen LogP contribution is -2.56. The third-order valence-corrected chi connectivity index (χ3v) is 8.10. The number of halogens is 2. The van der Waals surface area contributed by atoms with Gasteiger partial charge in [-0.25, -0.2) is 8.42 Å². The lowest BCUT2D eigenvalue weighted by atomic mass is 10.0. The van der Waals surface area contributed by atoms with Crippen molar-refractivity contribution in [3.8, 4) is 5.75 Å². The van der Waals surface area contributed by atoms with Gasteiger partial charge in [0.05, 0.1) is 24.1 Å². The minimum Gasteiger partial charge on any atom is -0.495 e. The topological polar surface area (TPSA) is 96.0 Å². The van der Waals surface area contributed by atoms with Crippen LogP contribution >= 0.6 is 27.5 Å². The Labute approximate surface area is 255 Å². The predicted molar refractivity (Wildman–Crippen MR) is 167 cm³/mol. The summed E-state index contributed by atoms with van der Waals surface area (Å²) in [6.45, 7) is 5.15. The van der Waals surface area contributed by atoms with E-state index in [0.29, 0.717) is 5.75 Å². The molecule has 1 atom stereocenters. The van der Waals surface area contributed by atoms with Crippen molar-refractivity contribution in [2.45, 2.75) is 45.3 Å². The van der Waals surface area contributed by atoms with Gasteiger partial charge in [0.25, 0.3) is 0 Å². The summed E-state index contributed by atoms with van der Waals surface area (Å²) in [6, 6.07) is 20.4. The molecule has 0 saturated heterocycles. The number of hydrogen-bond donors (Lipinski definition) is 1. The summed E-state index contributed by atoms with van der Waals surface area (Å²) in [5.74, 6) is -0.519. The summed E-state index contributed by atoms with van der Waals surface area (Å²) < 4.78 is 32.9. The zero-order chi connectivity index (χ0) is 30.4. The molecule has 11 heteroatoms. The quantitative estimate of drug-likeness (QED) is 0.295. The highest BCUT2D eigenvalue weighted by Gasteiger charge is 2.34. The van der Waals surface area contributed by atoms with Crippen LogP contribution in [0.15, 0.2) is 77.3 Å². The standard InChI is InChI=1S/C30H35BrClN3O5S/c1-30(2,3)33-29(37)26(17-21-9-7-6-8-10-21)34(19-22-11-13-23(31)14-12-22)28(36)20-35(41(5,38)39)24-15-16-27(40-4)25(32)18-24/h6-16,18,26H,17,19-20H2,1-5H3,(H,33,37)/t26-/m0/s1. The zero-order valence-corrected chi connectivity index (χ0v) is 26.9. The summed E-state index contributed by atoms with van der Waals surface area (Å²) >= 11 is 9.72. The van der Waals surface area contributed by atoms with Crippen LogP contribution in [0.5, 0.6) is 5.75 Å². The van der Waals surface area contributed by atoms with E-state index in [1.165, 1.54) is 30.2 Å². The molecular formula is C30H35BrClN3O5S. The number of carbonyl (C=O) groups is 2. The maximum absolute atomic E-state index is 14.1. The number of nitrogens with one attached hydrogen (secondary N) is 1. The second-order valence-electron chi connectivity index (χ2n) is 10.7. The maximum atomic E-state index is 14.1. The van der Waals surface area contributed by atoms with E-state index in [2.05, 4.69) is 21.2 Å². The van der Waals surface area contributed by atoms with Gasteiger partial charge in [0.1, 0.15) is 18.3 Å². The first-order valence-electron chi connectivity index (χ1n) is 12.9. The van der Waals surface area contributed by atoms with Crippen molar-refractivity contribution in [2.24, 2.45) is 0 Å². The summed E-state index contributed by atoms with van der Waals surface area (Å²) in [4.78, 5) is 29.3. The Balaban J connectivity index is 2.08. The summed E-state index contributed by atoms with van der Waals surface area (Å²) in [5.41, 5.74) is 1.28. The number of nitrogens with zero attached hydrogens (tertiary/aromatic N) is 2. The van der Waals surface area contributed by atoms with Crippen LogP contribution in [-0.2, 0) is 32.6 Å². The number of carbonyl (C=O) groups excluding carboxylic acids is 2. The van der Waals surface area contributed by atoms with Gasteiger partial charge in [-0.05, 0) is 62.2 Å². The molecule has 0 bridgehead atoms. The van der Waals surface area contributed by atoms with Crippen LogP contribution in [-0.4, -0.2) is 56.6 Å². The first kappa shape index (κ1) is 32.4. The van der Waals surface area contributed by atoms with Gasteiger partial charge in [-0.1, -0.05) is 70.0 Å². The zero-order valence-electron chi connectivity index (χ0n) is 23.7. The second kappa shape index (κ2) is 13.7. The SMILES string of the molecule is COc1ccc(N(CC(=O)N(Cc2ccc(Br)cc2)[C@@H](Cc2ccccc2)C(=O)NC(C)(C)C)S(C)(=O)=O)cc1Cl. The molecule has 0 radical (unpaired) electrons. The molecule has 0 aromatic heterocycles. The molecule has 0 heterocycles. The van der Waals surface area contributed by atoms with Gasteiger partial charge in [-0.2, -0.15) is 0 Å². The van der Waals surface area contributed by atoms with Crippen LogP contribution in [0, 0.1) is 0 Å². The van der Waals surface area contributed by atoms with Crippen LogP contribution in [0.1, 0.15) is 31.9 Å². The molecule has 0 saturated carbocycles. The van der Waals surface area contributed by atoms with E-state index in [4.69, 9.17) is 16.3 Å². The van der Waals surface area contributed by atoms with Crippen molar-refractivity contribution in [2.75, 3.05) is 24.2 Å². The minimum absolute atomic E-state index is 0.0855. The molecule has 0 aliphatic heterocycles. The van der Waals surface area contributed by atoms with Crippen molar-refractivity contribution in [1.82, 2.24) is 10.2 Å². The Morgan fingerprint density at radius 1 is 1.00 bits per heavy atom. The second-order valence-corrected chi connectivity index (χ2v) is 13.9. The van der Waals surface area contributed by atoms with Gasteiger partial charge in [0.2, 0.25) is 21.8 Å². The molecule has 3 aromatic rings. The Hall–Kier alpha value is -3.08. The normalized spacial score (nSPS) is 12.4. The molecule has 8 nitrogen and oxygen atoms in total. The van der Waals surface area contributed by atoms with Gasteiger partial charge in [-0.15, -0.1) is 0 Å². The van der Waals surface area contributed by atoms with Crippen LogP contribution in [0.25, 0.3) is 0 Å². The van der Waals surface area contributed by atoms with E-state index in [1.54, 1.807) is 0 Å². The number of sulfonamides is 1. The average molecular weight is 665 g/mol. The van der Waals surface area contributed by atoms with E-state index in [0.717, 1.165) is 26.2 Å². The monoisotopic (exact) mass is 663 g/mol. The van der Waals surface area contributed by atoms with E-state index >= 15 is 0 Å². The number of benzene rings is 3. The Kier molecular flexibility index (Phi) is 10.9. The highest BCUT2D eigenvalue weighted by Crippen LogP contribution is 2.30. The van der Waals surface area contributed by atoms with Gasteiger partial charge in [0, 0.05) is 23.0 Å². The van der Waals surface area contributed by atoms with Crippen LogP contribution in [0.3, 0.4) is 0 Å². The first-order valence-corrected chi connectivity index (χ1v) is 15.9. The van der Waals surface area contributed by atoms with Crippen LogP contribution < -0.4 is 14.4 Å². The van der Waals surface area contributed by atoms with Crippen LogP contribution in [0.2, 0.25) is 5.02 Å². The highest BCUT2D eigenvalue weighted by atomic mass is 79.9. The molecule has 41 heavy (non-hydrogen) atoms. The van der Waals surface area contributed by atoms with Crippen molar-refractivity contribution in [3.05, 3.63) is 93.4 Å². The maximum Gasteiger partial charge on any atom is 0.244 e. The summed E-state index contributed by atoms with van der Waals surface area (Å²) in [7, 11) is -2.46. The van der Waals surface area contributed by atoms with Crippen molar-refractivity contribution in [1.29, 1.82) is 0 Å². The third-order valence-electron chi connectivity index (χ3n) is 6.14. The first-order chi connectivity index (χ1) is 19.2. The third kappa shape index (κ3) is 9.48. The molecule has 3 aromatic carbocycles. The fourth-order valence-corrected chi connectivity index (χ4v) is 5.58. The number of rotatable bonds is 11. The summed E-state index contributed by atoms with van der Waals surface area (Å²) in [6.07, 6.45) is 1.25. The number of methoxy groups -OCH3 is 1. The summed E-state index contributed by atoms with van der Waals surface area (Å²) in [5, 5.41) is 3.20. The Morgan fingerprint density at radius 2 is 1.63 bits per heavy atom. The van der Waals surface area contributed by atoms with Gasteiger partial charge >= 0.3 is 0 Å². The van der Waals surface area contributed by atoms with Crippen molar-refractivity contribution in [3.63, 3.8) is 0 Å². The number of amides is 2. The molecule has 2 amide bonds. The van der Waals surface area contributed by atoms with E-state index in [9.17, 15) is 18.0 Å². The molecule has 0 aliphatic rings. The highest BCUT2D eigenvalue weighted by molar-refractivity contribution is 9.10.